The molecule has 1 aromatic rings. The fourth-order valence-corrected chi connectivity index (χ4v) is 4.54. The lowest BCUT2D eigenvalue weighted by Crippen LogP contribution is -2.12. The molecule has 1 saturated carbocycles. The minimum Gasteiger partial charge on any atom is -0.493 e. The SMILES string of the molecule is CCCC(CCCC1CCC(C)CC1)CCc1ccc(OCC(C)C)cc1. The van der Waals surface area contributed by atoms with Crippen LogP contribution in [0.25, 0.3) is 0 Å². The minimum atomic E-state index is 0.580. The second-order valence-corrected chi connectivity index (χ2v) is 9.60. The third-order valence-electron chi connectivity index (χ3n) is 6.41. The topological polar surface area (TPSA) is 9.23 Å². The number of rotatable bonds is 12. The number of aryl methyl sites for hydroxylation is 1. The number of hydrogen-bond donors (Lipinski definition) is 0. The van der Waals surface area contributed by atoms with E-state index in [-0.39, 0.29) is 0 Å². The molecule has 0 aliphatic heterocycles. The normalized spacial score (nSPS) is 21.4. The predicted molar refractivity (Wildman–Crippen MR) is 118 cm³/mol. The van der Waals surface area contributed by atoms with Crippen LogP contribution in [0.3, 0.4) is 0 Å². The second-order valence-electron chi connectivity index (χ2n) is 9.60. The molecule has 0 saturated heterocycles. The summed E-state index contributed by atoms with van der Waals surface area (Å²) < 4.78 is 5.80. The summed E-state index contributed by atoms with van der Waals surface area (Å²) in [6.07, 6.45) is 15.6. The van der Waals surface area contributed by atoms with Gasteiger partial charge < -0.3 is 4.74 Å². The fraction of sp³-hybridized carbons (Fsp3) is 0.769. The van der Waals surface area contributed by atoms with Crippen LogP contribution in [0, 0.1) is 23.7 Å². The fourth-order valence-electron chi connectivity index (χ4n) is 4.54. The first-order chi connectivity index (χ1) is 13.1. The van der Waals surface area contributed by atoms with Crippen LogP contribution in [0.4, 0.5) is 0 Å². The average molecular weight is 373 g/mol. The highest BCUT2D eigenvalue weighted by molar-refractivity contribution is 5.27. The molecule has 1 aromatic carbocycles. The van der Waals surface area contributed by atoms with E-state index in [1.54, 1.807) is 0 Å². The number of hydrogen-bond acceptors (Lipinski definition) is 1. The van der Waals surface area contributed by atoms with Crippen molar-refractivity contribution in [2.24, 2.45) is 23.7 Å². The first-order valence-corrected chi connectivity index (χ1v) is 11.8. The smallest absolute Gasteiger partial charge is 0.119 e. The Kier molecular flexibility index (Phi) is 10.3. The van der Waals surface area contributed by atoms with Gasteiger partial charge in [0.2, 0.25) is 0 Å². The van der Waals surface area contributed by atoms with Crippen LogP contribution in [0.2, 0.25) is 0 Å². The molecule has 1 aliphatic rings. The van der Waals surface area contributed by atoms with Gasteiger partial charge in [0.25, 0.3) is 0 Å². The van der Waals surface area contributed by atoms with E-state index >= 15 is 0 Å². The van der Waals surface area contributed by atoms with Crippen molar-refractivity contribution in [1.82, 2.24) is 0 Å². The van der Waals surface area contributed by atoms with Crippen LogP contribution >= 0.6 is 0 Å². The highest BCUT2D eigenvalue weighted by atomic mass is 16.5. The van der Waals surface area contributed by atoms with E-state index in [0.717, 1.165) is 30.1 Å². The Morgan fingerprint density at radius 2 is 1.67 bits per heavy atom. The summed E-state index contributed by atoms with van der Waals surface area (Å²) in [6, 6.07) is 8.83. The monoisotopic (exact) mass is 372 g/mol. The molecule has 1 atom stereocenters. The van der Waals surface area contributed by atoms with E-state index in [2.05, 4.69) is 52.0 Å². The summed E-state index contributed by atoms with van der Waals surface area (Å²) in [6.45, 7) is 9.96. The summed E-state index contributed by atoms with van der Waals surface area (Å²) in [5, 5.41) is 0. The van der Waals surface area contributed by atoms with Crippen molar-refractivity contribution in [1.29, 1.82) is 0 Å². The quantitative estimate of drug-likeness (QED) is 0.360. The summed E-state index contributed by atoms with van der Waals surface area (Å²) >= 11 is 0. The van der Waals surface area contributed by atoms with E-state index in [9.17, 15) is 0 Å². The first-order valence-electron chi connectivity index (χ1n) is 11.8. The third kappa shape index (κ3) is 9.17. The second kappa shape index (κ2) is 12.5. The first kappa shape index (κ1) is 22.3. The predicted octanol–water partition coefficient (Wildman–Crippen LogP) is 8.07. The lowest BCUT2D eigenvalue weighted by atomic mass is 9.80. The summed E-state index contributed by atoms with van der Waals surface area (Å²) in [5.41, 5.74) is 1.47. The Morgan fingerprint density at radius 3 is 2.30 bits per heavy atom. The molecule has 0 aromatic heterocycles. The van der Waals surface area contributed by atoms with Gasteiger partial charge in [-0.05, 0) is 54.2 Å². The standard InChI is InChI=1S/C26H44O/c1-5-7-23(8-6-9-24-12-10-22(4)11-13-24)14-15-25-16-18-26(19-17-25)27-20-21(2)3/h16-19,21-24H,5-15,20H2,1-4H3. The average Bonchev–Trinajstić information content (AvgIpc) is 2.67. The van der Waals surface area contributed by atoms with Gasteiger partial charge in [0.15, 0.2) is 0 Å². The molecule has 2 rings (SSSR count). The van der Waals surface area contributed by atoms with E-state index in [1.165, 1.54) is 76.2 Å². The molecular weight excluding hydrogens is 328 g/mol. The zero-order valence-corrected chi connectivity index (χ0v) is 18.5. The third-order valence-corrected chi connectivity index (χ3v) is 6.41. The molecule has 0 N–H and O–H groups in total. The van der Waals surface area contributed by atoms with E-state index in [4.69, 9.17) is 4.74 Å². The van der Waals surface area contributed by atoms with Gasteiger partial charge in [-0.25, -0.2) is 0 Å². The van der Waals surface area contributed by atoms with Gasteiger partial charge in [-0.3, -0.25) is 0 Å². The van der Waals surface area contributed by atoms with Crippen molar-refractivity contribution in [3.8, 4) is 5.75 Å². The Labute approximate surface area is 169 Å². The molecule has 1 aliphatic carbocycles. The Bertz CT molecular complexity index is 481. The van der Waals surface area contributed by atoms with Gasteiger partial charge >= 0.3 is 0 Å². The van der Waals surface area contributed by atoms with Crippen molar-refractivity contribution >= 4 is 0 Å². The highest BCUT2D eigenvalue weighted by Crippen LogP contribution is 2.32. The lowest BCUT2D eigenvalue weighted by Gasteiger charge is -2.26. The molecule has 1 fully saturated rings. The molecule has 154 valence electrons. The van der Waals surface area contributed by atoms with Crippen molar-refractivity contribution in [3.63, 3.8) is 0 Å². The maximum atomic E-state index is 5.80. The molecule has 0 heterocycles. The zero-order valence-electron chi connectivity index (χ0n) is 18.5. The molecule has 0 amide bonds. The van der Waals surface area contributed by atoms with Crippen molar-refractivity contribution in [2.45, 2.75) is 98.3 Å². The van der Waals surface area contributed by atoms with Crippen LogP contribution in [0.5, 0.6) is 5.75 Å². The van der Waals surface area contributed by atoms with Crippen molar-refractivity contribution < 1.29 is 4.74 Å². The summed E-state index contributed by atoms with van der Waals surface area (Å²) in [5.74, 6) is 4.52. The largest absolute Gasteiger partial charge is 0.493 e. The molecule has 0 bridgehead atoms. The molecule has 1 unspecified atom stereocenters. The van der Waals surface area contributed by atoms with Gasteiger partial charge in [0, 0.05) is 0 Å². The summed E-state index contributed by atoms with van der Waals surface area (Å²) in [7, 11) is 0. The van der Waals surface area contributed by atoms with Crippen LogP contribution in [0.1, 0.15) is 97.5 Å². The molecule has 1 heteroatoms. The summed E-state index contributed by atoms with van der Waals surface area (Å²) in [4.78, 5) is 0. The molecule has 0 spiro atoms. The van der Waals surface area contributed by atoms with E-state index in [0.29, 0.717) is 5.92 Å². The zero-order chi connectivity index (χ0) is 19.5. The Balaban J connectivity index is 1.68. The molecular formula is C26H44O. The van der Waals surface area contributed by atoms with Crippen LogP contribution < -0.4 is 4.74 Å². The van der Waals surface area contributed by atoms with Gasteiger partial charge in [0.1, 0.15) is 5.75 Å². The number of ether oxygens (including phenoxy) is 1. The van der Waals surface area contributed by atoms with E-state index in [1.807, 2.05) is 0 Å². The van der Waals surface area contributed by atoms with Crippen molar-refractivity contribution in [2.75, 3.05) is 6.61 Å². The maximum absolute atomic E-state index is 5.80. The van der Waals surface area contributed by atoms with Crippen LogP contribution in [0.15, 0.2) is 24.3 Å². The van der Waals surface area contributed by atoms with Gasteiger partial charge in [-0.1, -0.05) is 97.6 Å². The Hall–Kier alpha value is -0.980. The van der Waals surface area contributed by atoms with Crippen LogP contribution in [-0.2, 0) is 6.42 Å². The Morgan fingerprint density at radius 1 is 0.963 bits per heavy atom. The number of benzene rings is 1. The molecule has 27 heavy (non-hydrogen) atoms. The lowest BCUT2D eigenvalue weighted by molar-refractivity contribution is 0.264. The maximum Gasteiger partial charge on any atom is 0.119 e. The van der Waals surface area contributed by atoms with Crippen molar-refractivity contribution in [3.05, 3.63) is 29.8 Å². The molecule has 1 nitrogen and oxygen atoms in total. The van der Waals surface area contributed by atoms with Gasteiger partial charge in [0.05, 0.1) is 6.61 Å². The van der Waals surface area contributed by atoms with Gasteiger partial charge in [-0.15, -0.1) is 0 Å². The molecule has 0 radical (unpaired) electrons. The highest BCUT2D eigenvalue weighted by Gasteiger charge is 2.18. The van der Waals surface area contributed by atoms with E-state index < -0.39 is 0 Å². The van der Waals surface area contributed by atoms with Crippen LogP contribution in [-0.4, -0.2) is 6.61 Å². The minimum absolute atomic E-state index is 0.580. The van der Waals surface area contributed by atoms with Gasteiger partial charge in [-0.2, -0.15) is 0 Å².